The van der Waals surface area contributed by atoms with Gasteiger partial charge in [0.15, 0.2) is 0 Å². The van der Waals surface area contributed by atoms with Gasteiger partial charge in [-0.05, 0) is 20.8 Å². The van der Waals surface area contributed by atoms with E-state index in [0.717, 1.165) is 4.41 Å². The van der Waals surface area contributed by atoms with Crippen LogP contribution in [0.1, 0.15) is 20.8 Å². The Morgan fingerprint density at radius 1 is 1.46 bits per heavy atom. The van der Waals surface area contributed by atoms with Gasteiger partial charge in [0.25, 0.3) is 11.3 Å². The molecule has 0 saturated heterocycles. The summed E-state index contributed by atoms with van der Waals surface area (Å²) in [6, 6.07) is 0. The topological polar surface area (TPSA) is 70.1 Å². The van der Waals surface area contributed by atoms with E-state index in [1.165, 1.54) is 7.05 Å². The van der Waals surface area contributed by atoms with E-state index in [2.05, 4.69) is 0 Å². The predicted octanol–water partition coefficient (Wildman–Crippen LogP) is 0.158. The Balaban J connectivity index is 4.35. The van der Waals surface area contributed by atoms with Gasteiger partial charge in [-0.25, -0.2) is 9.05 Å². The van der Waals surface area contributed by atoms with E-state index in [4.69, 9.17) is 9.39 Å². The van der Waals surface area contributed by atoms with Crippen molar-refractivity contribution in [3.05, 3.63) is 0 Å². The van der Waals surface area contributed by atoms with E-state index in [9.17, 15) is 9.00 Å². The molecule has 13 heavy (non-hydrogen) atoms. The monoisotopic (exact) mass is 210 g/mol. The minimum atomic E-state index is -2.27. The number of hydrogen-bond acceptors (Lipinski definition) is 3. The second-order valence-corrected chi connectivity index (χ2v) is 4.30. The maximum absolute atomic E-state index is 10.5. The minimum Gasteiger partial charge on any atom is -0.292 e. The van der Waals surface area contributed by atoms with Gasteiger partial charge in [0.2, 0.25) is 6.41 Å². The number of rotatable bonds is 4. The third-order valence-corrected chi connectivity index (χ3v) is 1.57. The van der Waals surface area contributed by atoms with Crippen molar-refractivity contribution in [1.29, 1.82) is 0 Å². The van der Waals surface area contributed by atoms with Crippen LogP contribution in [0, 0.1) is 0 Å². The summed E-state index contributed by atoms with van der Waals surface area (Å²) < 4.78 is 19.9. The lowest BCUT2D eigenvalue weighted by molar-refractivity contribution is -0.269. The lowest BCUT2D eigenvalue weighted by atomic mass is 10.2. The zero-order valence-electron chi connectivity index (χ0n) is 8.05. The van der Waals surface area contributed by atoms with Crippen LogP contribution in [-0.4, -0.2) is 37.4 Å². The van der Waals surface area contributed by atoms with Gasteiger partial charge < -0.3 is 0 Å². The van der Waals surface area contributed by atoms with E-state index in [-0.39, 0.29) is 0 Å². The Labute approximate surface area is 79.8 Å². The van der Waals surface area contributed by atoms with Crippen LogP contribution in [0.2, 0.25) is 0 Å². The molecule has 0 saturated carbocycles. The first kappa shape index (κ1) is 12.5. The number of hydroxylamine groups is 1. The highest BCUT2D eigenvalue weighted by Gasteiger charge is 2.21. The highest BCUT2D eigenvalue weighted by Crippen LogP contribution is 2.10. The molecule has 0 aliphatic rings. The van der Waals surface area contributed by atoms with Crippen molar-refractivity contribution in [2.45, 2.75) is 26.4 Å². The predicted molar refractivity (Wildman–Crippen MR) is 47.3 cm³/mol. The Bertz CT molecular complexity index is 203. The summed E-state index contributed by atoms with van der Waals surface area (Å²) in [6.45, 7) is 5.16. The first-order valence-corrected chi connectivity index (χ1v) is 4.62. The van der Waals surface area contributed by atoms with Crippen LogP contribution >= 0.6 is 0 Å². The Morgan fingerprint density at radius 3 is 2.15 bits per heavy atom. The maximum Gasteiger partial charge on any atom is 0.255 e. The Kier molecular flexibility index (Phi) is 4.48. The van der Waals surface area contributed by atoms with Crippen molar-refractivity contribution in [3.63, 3.8) is 0 Å². The molecular weight excluding hydrogens is 196 g/mol. The third kappa shape index (κ3) is 4.94. The molecule has 0 bridgehead atoms. The number of amides is 1. The summed E-state index contributed by atoms with van der Waals surface area (Å²) >= 11 is -2.27. The minimum absolute atomic E-state index is 0.319. The molecule has 0 aliphatic heterocycles. The highest BCUT2D eigenvalue weighted by molar-refractivity contribution is 7.76. The third-order valence-electron chi connectivity index (χ3n) is 0.961. The van der Waals surface area contributed by atoms with Crippen molar-refractivity contribution in [2.24, 2.45) is 0 Å². The van der Waals surface area contributed by atoms with Crippen LogP contribution in [0.4, 0.5) is 0 Å². The van der Waals surface area contributed by atoms with Crippen LogP contribution in [0.25, 0.3) is 0 Å². The van der Waals surface area contributed by atoms with Crippen molar-refractivity contribution in [1.82, 2.24) is 9.59 Å². The van der Waals surface area contributed by atoms with Crippen molar-refractivity contribution >= 4 is 17.7 Å². The normalized spacial score (nSPS) is 14.3. The van der Waals surface area contributed by atoms with Crippen LogP contribution in [-0.2, 0) is 20.9 Å². The molecule has 1 amide bonds. The molecule has 6 nitrogen and oxygen atoms in total. The number of carbonyl (C=O) groups excluding carboxylic acids is 1. The molecule has 1 atom stereocenters. The zero-order chi connectivity index (χ0) is 10.6. The van der Waals surface area contributed by atoms with Crippen molar-refractivity contribution in [3.8, 4) is 0 Å². The number of hydrazine groups is 1. The second kappa shape index (κ2) is 4.66. The van der Waals surface area contributed by atoms with E-state index in [0.29, 0.717) is 11.6 Å². The quantitative estimate of drug-likeness (QED) is 0.407. The van der Waals surface area contributed by atoms with Crippen molar-refractivity contribution in [2.75, 3.05) is 7.05 Å². The SMILES string of the molecule is CN(N(C=O)OC(C)(C)C)S(=O)O. The van der Waals surface area contributed by atoms with Gasteiger partial charge in [0, 0.05) is 7.05 Å². The van der Waals surface area contributed by atoms with Gasteiger partial charge in [-0.2, -0.15) is 0 Å². The van der Waals surface area contributed by atoms with Gasteiger partial charge in [-0.15, -0.1) is 5.17 Å². The fourth-order valence-corrected chi connectivity index (χ4v) is 0.704. The van der Waals surface area contributed by atoms with E-state index < -0.39 is 16.9 Å². The summed E-state index contributed by atoms with van der Waals surface area (Å²) in [5.74, 6) is 0. The molecule has 0 aromatic rings. The summed E-state index contributed by atoms with van der Waals surface area (Å²) in [5.41, 5.74) is -0.603. The van der Waals surface area contributed by atoms with E-state index in [1.54, 1.807) is 20.8 Å². The molecule has 0 aromatic heterocycles. The first-order valence-electron chi connectivity index (χ1n) is 3.56. The van der Waals surface area contributed by atoms with Gasteiger partial charge >= 0.3 is 0 Å². The van der Waals surface area contributed by atoms with Gasteiger partial charge in [-0.3, -0.25) is 9.35 Å². The second-order valence-electron chi connectivity index (χ2n) is 3.31. The Morgan fingerprint density at radius 2 is 1.92 bits per heavy atom. The molecule has 1 unspecified atom stereocenters. The van der Waals surface area contributed by atoms with E-state index >= 15 is 0 Å². The van der Waals surface area contributed by atoms with E-state index in [1.807, 2.05) is 0 Å². The van der Waals surface area contributed by atoms with Gasteiger partial charge in [0.1, 0.15) is 0 Å². The number of carbonyl (C=O) groups is 1. The highest BCUT2D eigenvalue weighted by atomic mass is 32.2. The fraction of sp³-hybridized carbons (Fsp3) is 0.833. The van der Waals surface area contributed by atoms with Gasteiger partial charge in [0.05, 0.1) is 5.60 Å². The molecule has 0 spiro atoms. The molecule has 78 valence electrons. The largest absolute Gasteiger partial charge is 0.292 e. The van der Waals surface area contributed by atoms with Crippen molar-refractivity contribution < 1.29 is 18.4 Å². The first-order chi connectivity index (χ1) is 5.78. The molecule has 0 fully saturated rings. The maximum atomic E-state index is 10.5. The standard InChI is InChI=1S/C6H14N2O4S/c1-6(2,3)12-8(5-9)7(4)13(10)11/h5H,1-4H3,(H,10,11). The molecular formula is C6H14N2O4S. The fourth-order valence-electron chi connectivity index (χ4n) is 0.495. The Hall–Kier alpha value is -0.500. The molecule has 0 aromatic carbocycles. The zero-order valence-corrected chi connectivity index (χ0v) is 8.87. The number of hydrogen-bond donors (Lipinski definition) is 1. The summed E-state index contributed by atoms with van der Waals surface area (Å²) in [4.78, 5) is 15.5. The van der Waals surface area contributed by atoms with Gasteiger partial charge in [-0.1, -0.05) is 4.41 Å². The molecule has 0 aliphatic carbocycles. The lowest BCUT2D eigenvalue weighted by Crippen LogP contribution is -2.44. The summed E-state index contributed by atoms with van der Waals surface area (Å²) in [5, 5.41) is 0.677. The smallest absolute Gasteiger partial charge is 0.255 e. The molecule has 7 heteroatoms. The molecule has 0 rings (SSSR count). The average molecular weight is 210 g/mol. The summed E-state index contributed by atoms with van der Waals surface area (Å²) in [7, 11) is 1.26. The van der Waals surface area contributed by atoms with Crippen LogP contribution in [0.3, 0.4) is 0 Å². The molecule has 0 heterocycles. The van der Waals surface area contributed by atoms with Crippen LogP contribution in [0.5, 0.6) is 0 Å². The molecule has 0 radical (unpaired) electrons. The number of nitrogens with zero attached hydrogens (tertiary/aromatic N) is 2. The average Bonchev–Trinajstić information content (AvgIpc) is 1.97. The summed E-state index contributed by atoms with van der Waals surface area (Å²) in [6.07, 6.45) is 0.319. The molecule has 1 N–H and O–H groups in total. The lowest BCUT2D eigenvalue weighted by Gasteiger charge is -2.29. The van der Waals surface area contributed by atoms with Crippen LogP contribution < -0.4 is 0 Å². The van der Waals surface area contributed by atoms with Crippen LogP contribution in [0.15, 0.2) is 0 Å².